The van der Waals surface area contributed by atoms with Gasteiger partial charge < -0.3 is 0 Å². The molecule has 1 aromatic heterocycles. The number of carbonyl (C=O) groups is 1. The van der Waals surface area contributed by atoms with E-state index in [9.17, 15) is 4.79 Å². The molecule has 1 N–H and O–H groups in total. The summed E-state index contributed by atoms with van der Waals surface area (Å²) in [6, 6.07) is 10.5. The van der Waals surface area contributed by atoms with Gasteiger partial charge in [0.15, 0.2) is 0 Å². The number of benzene rings is 1. The molecule has 0 unspecified atom stereocenters. The lowest BCUT2D eigenvalue weighted by molar-refractivity contribution is 0.0476. The molecule has 2 rings (SSSR count). The number of rotatable bonds is 3. The van der Waals surface area contributed by atoms with E-state index in [2.05, 4.69) is 25.4 Å². The Morgan fingerprint density at radius 2 is 2.06 bits per heavy atom. The molecule has 0 aliphatic carbocycles. The van der Waals surface area contributed by atoms with Crippen molar-refractivity contribution in [1.29, 1.82) is 0 Å². The maximum atomic E-state index is 11.2. The first kappa shape index (κ1) is 10.0. The molecule has 1 aromatic carbocycles. The minimum Gasteiger partial charge on any atom is -0.293 e. The third-order valence-corrected chi connectivity index (χ3v) is 1.76. The van der Waals surface area contributed by atoms with Crippen molar-refractivity contribution in [3.63, 3.8) is 0 Å². The van der Waals surface area contributed by atoms with Crippen molar-refractivity contribution >= 4 is 11.7 Å². The summed E-state index contributed by atoms with van der Waals surface area (Å²) < 4.78 is 0. The topological polar surface area (TPSA) is 79.7 Å². The van der Waals surface area contributed by atoms with Crippen molar-refractivity contribution in [2.45, 2.75) is 0 Å². The lowest BCUT2D eigenvalue weighted by Gasteiger charge is -1.92. The highest BCUT2D eigenvalue weighted by Crippen LogP contribution is 2.10. The average molecular weight is 216 g/mol. The Bertz CT molecular complexity index is 479. The quantitative estimate of drug-likeness (QED) is 0.631. The number of hydrogen-bond donors (Lipinski definition) is 1. The first-order valence-corrected chi connectivity index (χ1v) is 4.53. The van der Waals surface area contributed by atoms with Crippen LogP contribution in [0.4, 0.5) is 5.69 Å². The Hall–Kier alpha value is -2.50. The molecule has 0 amide bonds. The van der Waals surface area contributed by atoms with Gasteiger partial charge >= 0.3 is 5.97 Å². The van der Waals surface area contributed by atoms with Crippen LogP contribution in [0.25, 0.3) is 0 Å². The van der Waals surface area contributed by atoms with Crippen molar-refractivity contribution in [3.05, 3.63) is 48.3 Å². The minimum absolute atomic E-state index is 0.229. The van der Waals surface area contributed by atoms with Gasteiger partial charge in [-0.3, -0.25) is 9.94 Å². The van der Waals surface area contributed by atoms with E-state index in [0.717, 1.165) is 0 Å². The summed E-state index contributed by atoms with van der Waals surface area (Å²) in [6.07, 6.45) is 1.45. The maximum absolute atomic E-state index is 11.2. The molecule has 2 aromatic rings. The van der Waals surface area contributed by atoms with Crippen molar-refractivity contribution in [3.8, 4) is 0 Å². The van der Waals surface area contributed by atoms with E-state index in [1.807, 2.05) is 18.2 Å². The summed E-state index contributed by atoms with van der Waals surface area (Å²) in [4.78, 5) is 15.8. The molecule has 0 radical (unpaired) electrons. The first-order chi connectivity index (χ1) is 7.86. The van der Waals surface area contributed by atoms with Gasteiger partial charge in [0.1, 0.15) is 5.69 Å². The fourth-order valence-corrected chi connectivity index (χ4v) is 1.02. The van der Waals surface area contributed by atoms with Crippen molar-refractivity contribution in [2.75, 3.05) is 0 Å². The third kappa shape index (κ3) is 2.50. The normalized spacial score (nSPS) is 10.5. The highest BCUT2D eigenvalue weighted by Gasteiger charge is 2.07. The fourth-order valence-electron chi connectivity index (χ4n) is 1.02. The second-order valence-electron chi connectivity index (χ2n) is 2.87. The molecule has 0 aliphatic heterocycles. The number of carbonyl (C=O) groups excluding carboxylic acids is 1. The Kier molecular flexibility index (Phi) is 3.03. The monoisotopic (exact) mass is 216 g/mol. The molecular formula is C10H8N4O2. The van der Waals surface area contributed by atoms with Gasteiger partial charge in [-0.15, -0.1) is 5.11 Å². The van der Waals surface area contributed by atoms with Crippen LogP contribution in [0.5, 0.6) is 0 Å². The maximum Gasteiger partial charge on any atom is 0.385 e. The number of H-pyrrole nitrogens is 1. The van der Waals surface area contributed by atoms with Crippen LogP contribution in [-0.4, -0.2) is 16.2 Å². The highest BCUT2D eigenvalue weighted by atomic mass is 16.7. The van der Waals surface area contributed by atoms with Crippen LogP contribution in [-0.2, 0) is 4.84 Å². The Morgan fingerprint density at radius 1 is 1.25 bits per heavy atom. The van der Waals surface area contributed by atoms with Gasteiger partial charge in [0.25, 0.3) is 0 Å². The molecule has 80 valence electrons. The van der Waals surface area contributed by atoms with Crippen LogP contribution in [0.15, 0.2) is 53.0 Å². The molecule has 1 heterocycles. The lowest BCUT2D eigenvalue weighted by Crippen LogP contribution is -2.00. The Balaban J connectivity index is 1.93. The number of nitrogens with zero attached hydrogens (tertiary/aromatic N) is 3. The van der Waals surface area contributed by atoms with E-state index < -0.39 is 5.97 Å². The van der Waals surface area contributed by atoms with E-state index >= 15 is 0 Å². The zero-order chi connectivity index (χ0) is 11.2. The van der Waals surface area contributed by atoms with E-state index in [0.29, 0.717) is 5.69 Å². The van der Waals surface area contributed by atoms with Gasteiger partial charge in [0, 0.05) is 11.5 Å². The smallest absolute Gasteiger partial charge is 0.293 e. The Labute approximate surface area is 90.9 Å². The SMILES string of the molecule is O=C(ON=Nc1ccccc1)c1ccn[nH]1. The van der Waals surface area contributed by atoms with Crippen LogP contribution in [0, 0.1) is 0 Å². The van der Waals surface area contributed by atoms with Crippen molar-refractivity contribution < 1.29 is 9.63 Å². The Morgan fingerprint density at radius 3 is 2.75 bits per heavy atom. The van der Waals surface area contributed by atoms with Gasteiger partial charge in [-0.05, 0) is 18.2 Å². The second-order valence-corrected chi connectivity index (χ2v) is 2.87. The molecule has 0 bridgehead atoms. The predicted molar refractivity (Wildman–Crippen MR) is 55.0 cm³/mol. The van der Waals surface area contributed by atoms with E-state index in [4.69, 9.17) is 0 Å². The average Bonchev–Trinajstić information content (AvgIpc) is 2.84. The van der Waals surface area contributed by atoms with Crippen molar-refractivity contribution in [2.24, 2.45) is 10.4 Å². The predicted octanol–water partition coefficient (Wildman–Crippen LogP) is 2.27. The number of hydrogen-bond acceptors (Lipinski definition) is 5. The summed E-state index contributed by atoms with van der Waals surface area (Å²) in [6.45, 7) is 0. The summed E-state index contributed by atoms with van der Waals surface area (Å²) in [5.41, 5.74) is 0.840. The molecule has 0 spiro atoms. The number of aromatic amines is 1. The summed E-state index contributed by atoms with van der Waals surface area (Å²) in [5.74, 6) is -0.628. The lowest BCUT2D eigenvalue weighted by atomic mass is 10.3. The number of aromatic nitrogens is 2. The summed E-state index contributed by atoms with van der Waals surface area (Å²) in [7, 11) is 0. The third-order valence-electron chi connectivity index (χ3n) is 1.76. The molecule has 6 nitrogen and oxygen atoms in total. The van der Waals surface area contributed by atoms with E-state index in [1.165, 1.54) is 12.3 Å². The van der Waals surface area contributed by atoms with Crippen LogP contribution in [0.2, 0.25) is 0 Å². The molecule has 0 atom stereocenters. The summed E-state index contributed by atoms with van der Waals surface area (Å²) >= 11 is 0. The molecule has 6 heteroatoms. The molecular weight excluding hydrogens is 208 g/mol. The summed E-state index contributed by atoms with van der Waals surface area (Å²) in [5, 5.41) is 13.1. The van der Waals surface area contributed by atoms with Gasteiger partial charge in [0.2, 0.25) is 0 Å². The molecule has 16 heavy (non-hydrogen) atoms. The van der Waals surface area contributed by atoms with Crippen LogP contribution >= 0.6 is 0 Å². The second kappa shape index (κ2) is 4.83. The standard InChI is InChI=1S/C10H8N4O2/c15-10(9-6-7-11-13-9)16-14-12-8-4-2-1-3-5-8/h1-7H,(H,11,13). The van der Waals surface area contributed by atoms with Crippen LogP contribution in [0.1, 0.15) is 10.5 Å². The fraction of sp³-hybridized carbons (Fsp3) is 0. The zero-order valence-corrected chi connectivity index (χ0v) is 8.20. The highest BCUT2D eigenvalue weighted by molar-refractivity contribution is 5.86. The van der Waals surface area contributed by atoms with Gasteiger partial charge in [-0.2, -0.15) is 5.10 Å². The minimum atomic E-state index is -0.628. The van der Waals surface area contributed by atoms with Gasteiger partial charge in [-0.1, -0.05) is 18.2 Å². The van der Waals surface area contributed by atoms with E-state index in [1.54, 1.807) is 12.1 Å². The van der Waals surface area contributed by atoms with E-state index in [-0.39, 0.29) is 5.69 Å². The number of nitrogens with one attached hydrogen (secondary N) is 1. The van der Waals surface area contributed by atoms with Crippen molar-refractivity contribution in [1.82, 2.24) is 10.2 Å². The molecule has 0 fully saturated rings. The van der Waals surface area contributed by atoms with Crippen LogP contribution in [0.3, 0.4) is 0 Å². The molecule has 0 saturated carbocycles. The largest absolute Gasteiger partial charge is 0.385 e. The van der Waals surface area contributed by atoms with Gasteiger partial charge in [-0.25, -0.2) is 4.79 Å². The zero-order valence-electron chi connectivity index (χ0n) is 8.20. The van der Waals surface area contributed by atoms with Gasteiger partial charge in [0.05, 0.1) is 5.69 Å². The first-order valence-electron chi connectivity index (χ1n) is 4.53. The molecule has 0 saturated heterocycles. The molecule has 0 aliphatic rings. The van der Waals surface area contributed by atoms with Crippen LogP contribution < -0.4 is 0 Å².